The second kappa shape index (κ2) is 7.90. The van der Waals surface area contributed by atoms with Crippen LogP contribution < -0.4 is 10.4 Å². The third-order valence-corrected chi connectivity index (χ3v) is 4.36. The van der Waals surface area contributed by atoms with Crippen LogP contribution >= 0.6 is 0 Å². The number of aromatic nitrogens is 2. The zero-order valence-electron chi connectivity index (χ0n) is 15.2. The van der Waals surface area contributed by atoms with Gasteiger partial charge in [0.05, 0.1) is 30.1 Å². The minimum absolute atomic E-state index is 0.00683. The SMILES string of the molecule is COc1ccccc1C(=O)COC(=O)CCn1c(=O)n(C)c2ccccc21. The molecule has 3 rings (SSSR count). The Bertz CT molecular complexity index is 1050. The molecule has 0 bridgehead atoms. The van der Waals surface area contributed by atoms with Crippen LogP contribution in [-0.4, -0.2) is 34.6 Å². The van der Waals surface area contributed by atoms with Gasteiger partial charge in [-0.1, -0.05) is 24.3 Å². The molecule has 0 atom stereocenters. The summed E-state index contributed by atoms with van der Waals surface area (Å²) in [5, 5.41) is 0. The van der Waals surface area contributed by atoms with E-state index in [1.807, 2.05) is 24.3 Å². The number of aryl methyl sites for hydroxylation is 2. The maximum absolute atomic E-state index is 12.3. The normalized spacial score (nSPS) is 10.7. The maximum atomic E-state index is 12.3. The van der Waals surface area contributed by atoms with Gasteiger partial charge in [-0.25, -0.2) is 4.79 Å². The smallest absolute Gasteiger partial charge is 0.328 e. The van der Waals surface area contributed by atoms with Gasteiger partial charge < -0.3 is 9.47 Å². The highest BCUT2D eigenvalue weighted by Crippen LogP contribution is 2.18. The van der Waals surface area contributed by atoms with E-state index in [1.165, 1.54) is 16.2 Å². The Morgan fingerprint density at radius 2 is 1.67 bits per heavy atom. The van der Waals surface area contributed by atoms with Crippen LogP contribution in [0.1, 0.15) is 16.8 Å². The number of para-hydroxylation sites is 3. The van der Waals surface area contributed by atoms with Crippen molar-refractivity contribution in [3.8, 4) is 5.75 Å². The highest BCUT2D eigenvalue weighted by atomic mass is 16.5. The molecule has 7 nitrogen and oxygen atoms in total. The lowest BCUT2D eigenvalue weighted by molar-refractivity contribution is -0.142. The van der Waals surface area contributed by atoms with E-state index in [-0.39, 0.29) is 31.0 Å². The molecule has 27 heavy (non-hydrogen) atoms. The molecule has 0 radical (unpaired) electrons. The number of Topliss-reactive ketones (excluding diaryl/α,β-unsaturated/α-hetero) is 1. The van der Waals surface area contributed by atoms with Crippen LogP contribution in [0.15, 0.2) is 53.3 Å². The van der Waals surface area contributed by atoms with Gasteiger partial charge in [-0.05, 0) is 24.3 Å². The lowest BCUT2D eigenvalue weighted by Crippen LogP contribution is -2.24. The highest BCUT2D eigenvalue weighted by Gasteiger charge is 2.15. The number of imidazole rings is 1. The first-order valence-corrected chi connectivity index (χ1v) is 8.49. The average Bonchev–Trinajstić information content (AvgIpc) is 2.95. The number of methoxy groups -OCH3 is 1. The van der Waals surface area contributed by atoms with Crippen LogP contribution in [0.3, 0.4) is 0 Å². The summed E-state index contributed by atoms with van der Waals surface area (Å²) in [5.41, 5.74) is 1.71. The summed E-state index contributed by atoms with van der Waals surface area (Å²) in [6.07, 6.45) is -0.00683. The van der Waals surface area contributed by atoms with Crippen molar-refractivity contribution in [2.24, 2.45) is 7.05 Å². The van der Waals surface area contributed by atoms with E-state index in [4.69, 9.17) is 9.47 Å². The number of ether oxygens (including phenoxy) is 2. The first-order valence-electron chi connectivity index (χ1n) is 8.49. The first-order chi connectivity index (χ1) is 13.0. The summed E-state index contributed by atoms with van der Waals surface area (Å²) in [4.78, 5) is 36.6. The summed E-state index contributed by atoms with van der Waals surface area (Å²) in [6, 6.07) is 14.1. The van der Waals surface area contributed by atoms with Crippen molar-refractivity contribution in [2.75, 3.05) is 13.7 Å². The number of rotatable bonds is 7. The Kier molecular flexibility index (Phi) is 5.40. The Labute approximate surface area is 155 Å². The van der Waals surface area contributed by atoms with Crippen molar-refractivity contribution in [2.45, 2.75) is 13.0 Å². The number of fused-ring (bicyclic) bond motifs is 1. The van der Waals surface area contributed by atoms with Gasteiger partial charge in [0.2, 0.25) is 5.78 Å². The van der Waals surface area contributed by atoms with Crippen molar-refractivity contribution in [3.05, 3.63) is 64.6 Å². The predicted octanol–water partition coefficient (Wildman–Crippen LogP) is 2.16. The Hall–Kier alpha value is -3.35. The summed E-state index contributed by atoms with van der Waals surface area (Å²) in [5.74, 6) is -0.456. The monoisotopic (exact) mass is 368 g/mol. The van der Waals surface area contributed by atoms with Crippen molar-refractivity contribution in [1.82, 2.24) is 9.13 Å². The minimum atomic E-state index is -0.543. The number of benzene rings is 2. The molecule has 0 fully saturated rings. The van der Waals surface area contributed by atoms with E-state index in [2.05, 4.69) is 0 Å². The first kappa shape index (κ1) is 18.4. The molecule has 0 spiro atoms. The Morgan fingerprint density at radius 1 is 1.00 bits per heavy atom. The molecule has 1 aromatic heterocycles. The van der Waals surface area contributed by atoms with Gasteiger partial charge in [0, 0.05) is 13.6 Å². The second-order valence-corrected chi connectivity index (χ2v) is 6.02. The molecule has 0 N–H and O–H groups in total. The third-order valence-electron chi connectivity index (χ3n) is 4.36. The molecular formula is C20H20N2O5. The quantitative estimate of drug-likeness (QED) is 0.472. The van der Waals surface area contributed by atoms with Gasteiger partial charge in [-0.3, -0.25) is 18.7 Å². The van der Waals surface area contributed by atoms with E-state index < -0.39 is 5.97 Å². The van der Waals surface area contributed by atoms with Crippen molar-refractivity contribution in [3.63, 3.8) is 0 Å². The molecule has 7 heteroatoms. The van der Waals surface area contributed by atoms with Crippen molar-refractivity contribution < 1.29 is 19.1 Å². The minimum Gasteiger partial charge on any atom is -0.496 e. The van der Waals surface area contributed by atoms with Gasteiger partial charge in [0.25, 0.3) is 0 Å². The van der Waals surface area contributed by atoms with Gasteiger partial charge in [0.15, 0.2) is 6.61 Å². The molecular weight excluding hydrogens is 348 g/mol. The maximum Gasteiger partial charge on any atom is 0.328 e. The Balaban J connectivity index is 1.62. The van der Waals surface area contributed by atoms with E-state index in [0.717, 1.165) is 11.0 Å². The summed E-state index contributed by atoms with van der Waals surface area (Å²) in [7, 11) is 3.16. The van der Waals surface area contributed by atoms with Crippen LogP contribution in [0.2, 0.25) is 0 Å². The summed E-state index contributed by atoms with van der Waals surface area (Å²) in [6.45, 7) is -0.189. The van der Waals surface area contributed by atoms with Crippen molar-refractivity contribution in [1.29, 1.82) is 0 Å². The van der Waals surface area contributed by atoms with Crippen LogP contribution in [0.5, 0.6) is 5.75 Å². The fourth-order valence-corrected chi connectivity index (χ4v) is 2.95. The predicted molar refractivity (Wildman–Crippen MR) is 100 cm³/mol. The molecule has 0 saturated heterocycles. The van der Waals surface area contributed by atoms with E-state index >= 15 is 0 Å². The van der Waals surface area contributed by atoms with Gasteiger partial charge >= 0.3 is 11.7 Å². The standard InChI is InChI=1S/C20H20N2O5/c1-21-15-8-4-5-9-16(15)22(20(21)25)12-11-19(24)27-13-17(23)14-7-3-6-10-18(14)26-2/h3-10H,11-13H2,1-2H3. The number of carbonyl (C=O) groups excluding carboxylic acids is 2. The van der Waals surface area contributed by atoms with Crippen molar-refractivity contribution >= 4 is 22.8 Å². The fraction of sp³-hybridized carbons (Fsp3) is 0.250. The molecule has 0 aliphatic carbocycles. The number of hydrogen-bond donors (Lipinski definition) is 0. The number of nitrogens with zero attached hydrogens (tertiary/aromatic N) is 2. The van der Waals surface area contributed by atoms with Crippen LogP contribution in [0, 0.1) is 0 Å². The zero-order chi connectivity index (χ0) is 19.4. The molecule has 0 amide bonds. The largest absolute Gasteiger partial charge is 0.496 e. The molecule has 3 aromatic rings. The molecule has 0 saturated carbocycles. The topological polar surface area (TPSA) is 79.5 Å². The average molecular weight is 368 g/mol. The third kappa shape index (κ3) is 3.76. The van der Waals surface area contributed by atoms with E-state index in [1.54, 1.807) is 31.3 Å². The molecule has 0 aliphatic rings. The molecule has 2 aromatic carbocycles. The molecule has 140 valence electrons. The number of esters is 1. The second-order valence-electron chi connectivity index (χ2n) is 6.02. The van der Waals surface area contributed by atoms with Crippen LogP contribution in [0.25, 0.3) is 11.0 Å². The fourth-order valence-electron chi connectivity index (χ4n) is 2.95. The van der Waals surface area contributed by atoms with Gasteiger partial charge in [0.1, 0.15) is 5.75 Å². The van der Waals surface area contributed by atoms with Gasteiger partial charge in [-0.2, -0.15) is 0 Å². The molecule has 0 unspecified atom stereocenters. The van der Waals surface area contributed by atoms with Crippen LogP contribution in [-0.2, 0) is 23.1 Å². The molecule has 0 aliphatic heterocycles. The molecule has 1 heterocycles. The van der Waals surface area contributed by atoms with E-state index in [0.29, 0.717) is 11.3 Å². The van der Waals surface area contributed by atoms with E-state index in [9.17, 15) is 14.4 Å². The Morgan fingerprint density at radius 3 is 2.41 bits per heavy atom. The van der Waals surface area contributed by atoms with Gasteiger partial charge in [-0.15, -0.1) is 0 Å². The lowest BCUT2D eigenvalue weighted by Gasteiger charge is -2.08. The summed E-state index contributed by atoms with van der Waals surface area (Å²) >= 11 is 0. The summed E-state index contributed by atoms with van der Waals surface area (Å²) < 4.78 is 13.3. The highest BCUT2D eigenvalue weighted by molar-refractivity contribution is 6.00. The number of hydrogen-bond acceptors (Lipinski definition) is 5. The lowest BCUT2D eigenvalue weighted by atomic mass is 10.1. The number of carbonyl (C=O) groups is 2. The zero-order valence-corrected chi connectivity index (χ0v) is 15.2. The van der Waals surface area contributed by atoms with Crippen LogP contribution in [0.4, 0.5) is 0 Å². The number of ketones is 1.